The molecule has 0 atom stereocenters. The molecular formula is C13H15N3O. The Kier molecular flexibility index (Phi) is 2.95. The minimum absolute atomic E-state index is 0.521. The van der Waals surface area contributed by atoms with Crippen LogP contribution in [0, 0.1) is 20.8 Å². The van der Waals surface area contributed by atoms with Crippen LogP contribution in [0.1, 0.15) is 17.1 Å². The summed E-state index contributed by atoms with van der Waals surface area (Å²) in [5.41, 5.74) is 8.41. The third kappa shape index (κ3) is 2.72. The van der Waals surface area contributed by atoms with Gasteiger partial charge in [0.05, 0.1) is 5.69 Å². The topological polar surface area (TPSA) is 61.0 Å². The SMILES string of the molecule is Cc1ccc(N)c(Oc2cc(C)nc(C)n2)c1. The molecule has 2 N–H and O–H groups in total. The third-order valence-electron chi connectivity index (χ3n) is 2.33. The van der Waals surface area contributed by atoms with Crippen LogP contribution in [0.15, 0.2) is 24.3 Å². The van der Waals surface area contributed by atoms with E-state index >= 15 is 0 Å². The van der Waals surface area contributed by atoms with Crippen molar-refractivity contribution in [2.24, 2.45) is 0 Å². The quantitative estimate of drug-likeness (QED) is 0.804. The van der Waals surface area contributed by atoms with E-state index in [2.05, 4.69) is 9.97 Å². The van der Waals surface area contributed by atoms with Gasteiger partial charge in [0.15, 0.2) is 5.75 Å². The highest BCUT2D eigenvalue weighted by atomic mass is 16.5. The zero-order valence-corrected chi connectivity index (χ0v) is 10.2. The number of hydrogen-bond donors (Lipinski definition) is 1. The Morgan fingerprint density at radius 1 is 1.06 bits per heavy atom. The summed E-state index contributed by atoms with van der Waals surface area (Å²) >= 11 is 0. The van der Waals surface area contributed by atoms with E-state index in [1.807, 2.05) is 39.0 Å². The van der Waals surface area contributed by atoms with Gasteiger partial charge in [-0.25, -0.2) is 4.98 Å². The second-order valence-electron chi connectivity index (χ2n) is 4.04. The van der Waals surface area contributed by atoms with Crippen LogP contribution in [0.5, 0.6) is 11.6 Å². The van der Waals surface area contributed by atoms with Gasteiger partial charge in [-0.2, -0.15) is 4.98 Å². The number of ether oxygens (including phenoxy) is 1. The first-order chi connectivity index (χ1) is 8.04. The van der Waals surface area contributed by atoms with Crippen molar-refractivity contribution in [2.45, 2.75) is 20.8 Å². The molecule has 0 bridgehead atoms. The smallest absolute Gasteiger partial charge is 0.222 e. The summed E-state index contributed by atoms with van der Waals surface area (Å²) in [4.78, 5) is 8.40. The summed E-state index contributed by atoms with van der Waals surface area (Å²) in [5.74, 6) is 1.83. The summed E-state index contributed by atoms with van der Waals surface area (Å²) in [7, 11) is 0. The highest BCUT2D eigenvalue weighted by Crippen LogP contribution is 2.27. The van der Waals surface area contributed by atoms with Gasteiger partial charge in [0.25, 0.3) is 0 Å². The fraction of sp³-hybridized carbons (Fsp3) is 0.231. The molecular weight excluding hydrogens is 214 g/mol. The maximum absolute atomic E-state index is 5.84. The van der Waals surface area contributed by atoms with E-state index in [9.17, 15) is 0 Å². The molecule has 4 nitrogen and oxygen atoms in total. The molecule has 2 rings (SSSR count). The molecule has 4 heteroatoms. The van der Waals surface area contributed by atoms with E-state index in [0.717, 1.165) is 11.3 Å². The number of rotatable bonds is 2. The fourth-order valence-corrected chi connectivity index (χ4v) is 1.58. The first kappa shape index (κ1) is 11.4. The van der Waals surface area contributed by atoms with Crippen LogP contribution in [-0.4, -0.2) is 9.97 Å². The van der Waals surface area contributed by atoms with Crippen LogP contribution in [0.4, 0.5) is 5.69 Å². The molecule has 0 saturated carbocycles. The molecule has 2 aromatic rings. The van der Waals surface area contributed by atoms with Crippen molar-refractivity contribution in [3.63, 3.8) is 0 Å². The normalized spacial score (nSPS) is 10.3. The Hall–Kier alpha value is -2.10. The third-order valence-corrected chi connectivity index (χ3v) is 2.33. The summed E-state index contributed by atoms with van der Waals surface area (Å²) in [5, 5.41) is 0. The second-order valence-corrected chi connectivity index (χ2v) is 4.04. The van der Waals surface area contributed by atoms with Gasteiger partial charge in [0, 0.05) is 11.8 Å². The van der Waals surface area contributed by atoms with E-state index in [0.29, 0.717) is 23.1 Å². The average molecular weight is 229 g/mol. The molecule has 0 fully saturated rings. The number of anilines is 1. The van der Waals surface area contributed by atoms with Crippen LogP contribution < -0.4 is 10.5 Å². The lowest BCUT2D eigenvalue weighted by atomic mass is 10.2. The lowest BCUT2D eigenvalue weighted by molar-refractivity contribution is 0.461. The predicted molar refractivity (Wildman–Crippen MR) is 67.2 cm³/mol. The maximum atomic E-state index is 5.84. The van der Waals surface area contributed by atoms with Crippen molar-refractivity contribution < 1.29 is 4.74 Å². The molecule has 88 valence electrons. The molecule has 17 heavy (non-hydrogen) atoms. The Morgan fingerprint density at radius 2 is 1.82 bits per heavy atom. The van der Waals surface area contributed by atoms with E-state index < -0.39 is 0 Å². The monoisotopic (exact) mass is 229 g/mol. The number of hydrogen-bond acceptors (Lipinski definition) is 4. The van der Waals surface area contributed by atoms with Gasteiger partial charge >= 0.3 is 0 Å². The maximum Gasteiger partial charge on any atom is 0.222 e. The summed E-state index contributed by atoms with van der Waals surface area (Å²) in [6.07, 6.45) is 0. The minimum Gasteiger partial charge on any atom is -0.437 e. The second kappa shape index (κ2) is 4.41. The molecule has 0 unspecified atom stereocenters. The summed E-state index contributed by atoms with van der Waals surface area (Å²) in [6.45, 7) is 5.73. The van der Waals surface area contributed by atoms with Crippen LogP contribution in [0.2, 0.25) is 0 Å². The lowest BCUT2D eigenvalue weighted by Crippen LogP contribution is -1.97. The Balaban J connectivity index is 2.34. The molecule has 0 aliphatic carbocycles. The van der Waals surface area contributed by atoms with E-state index in [1.165, 1.54) is 0 Å². The number of benzene rings is 1. The molecule has 0 spiro atoms. The molecule has 0 aliphatic heterocycles. The average Bonchev–Trinajstić information content (AvgIpc) is 2.22. The lowest BCUT2D eigenvalue weighted by Gasteiger charge is -2.09. The number of nitrogens with two attached hydrogens (primary N) is 1. The summed E-state index contributed by atoms with van der Waals surface area (Å²) < 4.78 is 5.68. The van der Waals surface area contributed by atoms with Crippen molar-refractivity contribution in [1.82, 2.24) is 9.97 Å². The molecule has 0 saturated heterocycles. The number of aryl methyl sites for hydroxylation is 3. The largest absolute Gasteiger partial charge is 0.437 e. The number of nitrogen functional groups attached to an aromatic ring is 1. The first-order valence-electron chi connectivity index (χ1n) is 5.41. The molecule has 0 aliphatic rings. The minimum atomic E-state index is 0.521. The summed E-state index contributed by atoms with van der Waals surface area (Å²) in [6, 6.07) is 7.45. The first-order valence-corrected chi connectivity index (χ1v) is 5.41. The Labute approximate surface area is 100 Å². The van der Waals surface area contributed by atoms with Gasteiger partial charge in [0.2, 0.25) is 5.88 Å². The van der Waals surface area contributed by atoms with Gasteiger partial charge in [-0.05, 0) is 38.5 Å². The molecule has 0 radical (unpaired) electrons. The van der Waals surface area contributed by atoms with Crippen LogP contribution in [-0.2, 0) is 0 Å². The predicted octanol–water partition coefficient (Wildman–Crippen LogP) is 2.78. The van der Waals surface area contributed by atoms with Gasteiger partial charge in [-0.3, -0.25) is 0 Å². The molecule has 0 amide bonds. The highest BCUT2D eigenvalue weighted by Gasteiger charge is 2.05. The zero-order valence-electron chi connectivity index (χ0n) is 10.2. The molecule has 1 aromatic carbocycles. The highest BCUT2D eigenvalue weighted by molar-refractivity contribution is 5.54. The Bertz CT molecular complexity index is 532. The Morgan fingerprint density at radius 3 is 2.53 bits per heavy atom. The van der Waals surface area contributed by atoms with Crippen LogP contribution in [0.3, 0.4) is 0 Å². The standard InChI is InChI=1S/C13H15N3O/c1-8-4-5-11(14)12(6-8)17-13-7-9(2)15-10(3)16-13/h4-7H,14H2,1-3H3. The van der Waals surface area contributed by atoms with Gasteiger partial charge in [-0.15, -0.1) is 0 Å². The van der Waals surface area contributed by atoms with E-state index in [1.54, 1.807) is 6.07 Å². The molecule has 1 heterocycles. The van der Waals surface area contributed by atoms with Crippen molar-refractivity contribution in [2.75, 3.05) is 5.73 Å². The van der Waals surface area contributed by atoms with Crippen molar-refractivity contribution in [1.29, 1.82) is 0 Å². The number of aromatic nitrogens is 2. The van der Waals surface area contributed by atoms with E-state index in [4.69, 9.17) is 10.5 Å². The molecule has 1 aromatic heterocycles. The number of nitrogens with zero attached hydrogens (tertiary/aromatic N) is 2. The van der Waals surface area contributed by atoms with Crippen molar-refractivity contribution in [3.8, 4) is 11.6 Å². The van der Waals surface area contributed by atoms with Crippen LogP contribution >= 0.6 is 0 Å². The van der Waals surface area contributed by atoms with Crippen LogP contribution in [0.25, 0.3) is 0 Å². The fourth-order valence-electron chi connectivity index (χ4n) is 1.58. The van der Waals surface area contributed by atoms with E-state index in [-0.39, 0.29) is 0 Å². The van der Waals surface area contributed by atoms with Gasteiger partial charge < -0.3 is 10.5 Å². The van der Waals surface area contributed by atoms with Crippen molar-refractivity contribution >= 4 is 5.69 Å². The van der Waals surface area contributed by atoms with Crippen molar-refractivity contribution in [3.05, 3.63) is 41.3 Å². The van der Waals surface area contributed by atoms with Gasteiger partial charge in [-0.1, -0.05) is 6.07 Å². The zero-order chi connectivity index (χ0) is 12.4. The van der Waals surface area contributed by atoms with Gasteiger partial charge in [0.1, 0.15) is 5.82 Å².